The summed E-state index contributed by atoms with van der Waals surface area (Å²) < 4.78 is 0. The Morgan fingerprint density at radius 3 is 1.47 bits per heavy atom. The Bertz CT molecular complexity index is 1190. The molecule has 0 amide bonds. The van der Waals surface area contributed by atoms with Crippen LogP contribution in [0, 0.1) is 41.5 Å². The Morgan fingerprint density at radius 1 is 0.467 bits per heavy atom. The normalized spacial score (nSPS) is 11.0. The van der Waals surface area contributed by atoms with Gasteiger partial charge in [-0.05, 0) is 81.0 Å². The zero-order chi connectivity index (χ0) is 21.4. The van der Waals surface area contributed by atoms with E-state index in [1.54, 1.807) is 0 Å². The topological polar surface area (TPSA) is 38.7 Å². The summed E-state index contributed by atoms with van der Waals surface area (Å²) in [6, 6.07) is 18.9. The van der Waals surface area contributed by atoms with Gasteiger partial charge in [-0.3, -0.25) is 0 Å². The lowest BCUT2D eigenvalue weighted by Crippen LogP contribution is -2.03. The number of nitrogens with zero attached hydrogens (tertiary/aromatic N) is 3. The first kappa shape index (κ1) is 20.0. The molecule has 1 heterocycles. The van der Waals surface area contributed by atoms with E-state index in [0.717, 1.165) is 28.3 Å². The number of aromatic nitrogens is 3. The Labute approximate surface area is 178 Å². The fourth-order valence-corrected chi connectivity index (χ4v) is 3.61. The predicted molar refractivity (Wildman–Crippen MR) is 125 cm³/mol. The SMILES string of the molecule is Cc1ccc(-c2nc(-c3cccc(C)c3C)nc(-c3cccc(C)c3C)n2)cc1C. The zero-order valence-corrected chi connectivity index (χ0v) is 18.5. The maximum Gasteiger partial charge on any atom is 0.164 e. The van der Waals surface area contributed by atoms with Crippen molar-refractivity contribution in [1.82, 2.24) is 15.0 Å². The zero-order valence-electron chi connectivity index (χ0n) is 18.5. The van der Waals surface area contributed by atoms with Crippen molar-refractivity contribution in [2.45, 2.75) is 41.5 Å². The van der Waals surface area contributed by atoms with Gasteiger partial charge in [-0.25, -0.2) is 15.0 Å². The van der Waals surface area contributed by atoms with E-state index in [9.17, 15) is 0 Å². The minimum absolute atomic E-state index is 0.708. The van der Waals surface area contributed by atoms with Crippen molar-refractivity contribution in [1.29, 1.82) is 0 Å². The molecule has 0 aliphatic rings. The smallest absolute Gasteiger partial charge is 0.164 e. The van der Waals surface area contributed by atoms with E-state index in [1.165, 1.54) is 33.4 Å². The van der Waals surface area contributed by atoms with Gasteiger partial charge in [0.25, 0.3) is 0 Å². The third-order valence-corrected chi connectivity index (χ3v) is 6.09. The first-order chi connectivity index (χ1) is 14.3. The summed E-state index contributed by atoms with van der Waals surface area (Å²) in [5, 5.41) is 0. The highest BCUT2D eigenvalue weighted by Gasteiger charge is 2.16. The maximum absolute atomic E-state index is 4.92. The molecule has 3 nitrogen and oxygen atoms in total. The summed E-state index contributed by atoms with van der Waals surface area (Å²) in [5.74, 6) is 2.14. The minimum Gasteiger partial charge on any atom is -0.208 e. The van der Waals surface area contributed by atoms with Gasteiger partial charge in [-0.1, -0.05) is 48.5 Å². The van der Waals surface area contributed by atoms with Crippen molar-refractivity contribution in [3.05, 3.63) is 88.0 Å². The number of hydrogen-bond donors (Lipinski definition) is 0. The van der Waals surface area contributed by atoms with Crippen molar-refractivity contribution in [3.8, 4) is 34.2 Å². The van der Waals surface area contributed by atoms with E-state index in [2.05, 4.69) is 96.1 Å². The number of benzene rings is 3. The van der Waals surface area contributed by atoms with Crippen molar-refractivity contribution < 1.29 is 0 Å². The van der Waals surface area contributed by atoms with E-state index in [4.69, 9.17) is 15.0 Å². The fraction of sp³-hybridized carbons (Fsp3) is 0.222. The molecule has 0 saturated heterocycles. The van der Waals surface area contributed by atoms with Crippen molar-refractivity contribution in [3.63, 3.8) is 0 Å². The van der Waals surface area contributed by atoms with Crippen LogP contribution in [-0.2, 0) is 0 Å². The molecule has 30 heavy (non-hydrogen) atoms. The Kier molecular flexibility index (Phi) is 5.21. The monoisotopic (exact) mass is 393 g/mol. The van der Waals surface area contributed by atoms with E-state index < -0.39 is 0 Å². The number of aryl methyl sites for hydroxylation is 4. The minimum atomic E-state index is 0.708. The van der Waals surface area contributed by atoms with E-state index in [1.807, 2.05) is 0 Å². The molecule has 0 atom stereocenters. The molecule has 0 saturated carbocycles. The van der Waals surface area contributed by atoms with E-state index >= 15 is 0 Å². The highest BCUT2D eigenvalue weighted by Crippen LogP contribution is 2.30. The Morgan fingerprint density at radius 2 is 0.967 bits per heavy atom. The molecule has 3 aromatic carbocycles. The van der Waals surface area contributed by atoms with Crippen LogP contribution < -0.4 is 0 Å². The van der Waals surface area contributed by atoms with Gasteiger partial charge in [0.2, 0.25) is 0 Å². The summed E-state index contributed by atoms with van der Waals surface area (Å²) in [5.41, 5.74) is 10.5. The molecule has 0 radical (unpaired) electrons. The Hall–Kier alpha value is -3.33. The molecular formula is C27H27N3. The lowest BCUT2D eigenvalue weighted by atomic mass is 10.0. The molecule has 0 fully saturated rings. The second-order valence-electron chi connectivity index (χ2n) is 8.10. The second kappa shape index (κ2) is 7.83. The molecule has 0 unspecified atom stereocenters. The van der Waals surface area contributed by atoms with Gasteiger partial charge in [-0.15, -0.1) is 0 Å². The van der Waals surface area contributed by atoms with Crippen LogP contribution in [0.2, 0.25) is 0 Å². The Balaban J connectivity index is 2.00. The van der Waals surface area contributed by atoms with Gasteiger partial charge in [-0.2, -0.15) is 0 Å². The molecule has 0 aliphatic heterocycles. The number of hydrogen-bond acceptors (Lipinski definition) is 3. The standard InChI is InChI=1S/C27H27N3/c1-16-13-14-22(15-19(16)4)25-28-26(23-11-7-9-17(2)20(23)5)30-27(29-25)24-12-8-10-18(3)21(24)6/h7-15H,1-6H3. The van der Waals surface area contributed by atoms with Crippen molar-refractivity contribution in [2.75, 3.05) is 0 Å². The maximum atomic E-state index is 4.92. The second-order valence-corrected chi connectivity index (χ2v) is 8.10. The lowest BCUT2D eigenvalue weighted by Gasteiger charge is -2.13. The third-order valence-electron chi connectivity index (χ3n) is 6.09. The number of rotatable bonds is 3. The molecule has 3 heteroatoms. The summed E-state index contributed by atoms with van der Waals surface area (Å²) >= 11 is 0. The van der Waals surface area contributed by atoms with Crippen LogP contribution >= 0.6 is 0 Å². The summed E-state index contributed by atoms with van der Waals surface area (Å²) in [4.78, 5) is 14.7. The van der Waals surface area contributed by atoms with Gasteiger partial charge >= 0.3 is 0 Å². The third kappa shape index (κ3) is 3.63. The molecular weight excluding hydrogens is 366 g/mol. The van der Waals surface area contributed by atoms with Crippen molar-refractivity contribution in [2.24, 2.45) is 0 Å². The molecule has 0 aliphatic carbocycles. The molecule has 0 N–H and O–H groups in total. The van der Waals surface area contributed by atoms with Crippen LogP contribution in [0.25, 0.3) is 34.2 Å². The summed E-state index contributed by atoms with van der Waals surface area (Å²) in [7, 11) is 0. The lowest BCUT2D eigenvalue weighted by molar-refractivity contribution is 1.06. The molecule has 150 valence electrons. The predicted octanol–water partition coefficient (Wildman–Crippen LogP) is 6.72. The van der Waals surface area contributed by atoms with E-state index in [-0.39, 0.29) is 0 Å². The highest BCUT2D eigenvalue weighted by molar-refractivity contribution is 5.70. The summed E-state index contributed by atoms with van der Waals surface area (Å²) in [6.45, 7) is 12.7. The van der Waals surface area contributed by atoms with Crippen LogP contribution in [0.4, 0.5) is 0 Å². The van der Waals surface area contributed by atoms with Gasteiger partial charge < -0.3 is 0 Å². The van der Waals surface area contributed by atoms with Crippen LogP contribution in [0.15, 0.2) is 54.6 Å². The van der Waals surface area contributed by atoms with Crippen LogP contribution in [0.5, 0.6) is 0 Å². The van der Waals surface area contributed by atoms with Gasteiger partial charge in [0.15, 0.2) is 17.5 Å². The average Bonchev–Trinajstić information content (AvgIpc) is 2.73. The van der Waals surface area contributed by atoms with Gasteiger partial charge in [0.1, 0.15) is 0 Å². The molecule has 4 rings (SSSR count). The van der Waals surface area contributed by atoms with Crippen LogP contribution in [0.1, 0.15) is 33.4 Å². The molecule has 0 spiro atoms. The molecule has 4 aromatic rings. The summed E-state index contributed by atoms with van der Waals surface area (Å²) in [6.07, 6.45) is 0. The van der Waals surface area contributed by atoms with Crippen molar-refractivity contribution >= 4 is 0 Å². The first-order valence-electron chi connectivity index (χ1n) is 10.3. The molecule has 1 aromatic heterocycles. The van der Waals surface area contributed by atoms with E-state index in [0.29, 0.717) is 5.82 Å². The average molecular weight is 394 g/mol. The largest absolute Gasteiger partial charge is 0.208 e. The van der Waals surface area contributed by atoms with Gasteiger partial charge in [0.05, 0.1) is 0 Å². The highest BCUT2D eigenvalue weighted by atomic mass is 15.0. The first-order valence-corrected chi connectivity index (χ1v) is 10.3. The fourth-order valence-electron chi connectivity index (χ4n) is 3.61. The molecule has 0 bridgehead atoms. The quantitative estimate of drug-likeness (QED) is 0.388. The van der Waals surface area contributed by atoms with Gasteiger partial charge in [0, 0.05) is 16.7 Å². The van der Waals surface area contributed by atoms with Crippen LogP contribution in [-0.4, -0.2) is 15.0 Å². The van der Waals surface area contributed by atoms with Crippen LogP contribution in [0.3, 0.4) is 0 Å².